The quantitative estimate of drug-likeness (QED) is 0.571. The number of rotatable bonds is 5. The number of hydrogen-bond donors (Lipinski definition) is 0. The van der Waals surface area contributed by atoms with Crippen LogP contribution in [0.4, 0.5) is 0 Å². The van der Waals surface area contributed by atoms with Gasteiger partial charge in [-0.1, -0.05) is 12.1 Å². The predicted octanol–water partition coefficient (Wildman–Crippen LogP) is -1.80. The molecule has 5 heteroatoms. The first-order valence-electron chi connectivity index (χ1n) is 5.83. The SMILES string of the molecule is COc1ccc([I+]c2ccccc2C(=O)[O-])c(OC)c1. The van der Waals surface area contributed by atoms with Crippen LogP contribution in [0, 0.1) is 7.14 Å². The number of benzene rings is 2. The third kappa shape index (κ3) is 3.22. The maximum absolute atomic E-state index is 11.1. The maximum Gasteiger partial charge on any atom is 0.362 e. The number of carbonyl (C=O) groups excluding carboxylic acids is 1. The Bertz CT molecular complexity index is 625. The molecule has 0 aliphatic carbocycles. The molecule has 0 amide bonds. The fourth-order valence-electron chi connectivity index (χ4n) is 1.66. The number of halogens is 1. The van der Waals surface area contributed by atoms with Gasteiger partial charge in [-0.15, -0.1) is 0 Å². The first-order chi connectivity index (χ1) is 9.65. The van der Waals surface area contributed by atoms with Crippen LogP contribution in [0.5, 0.6) is 11.5 Å². The molecule has 4 nitrogen and oxygen atoms in total. The summed E-state index contributed by atoms with van der Waals surface area (Å²) in [4.78, 5) is 11.1. The standard InChI is InChI=1S/C15H13IO4/c1-19-10-7-8-13(14(9-10)20-2)16-12-6-4-3-5-11(12)15(17)18/h3-9H,1-2H3. The molecular formula is C15H13IO4. The normalized spacial score (nSPS) is 10.1. The Morgan fingerprint density at radius 1 is 1.05 bits per heavy atom. The van der Waals surface area contributed by atoms with Gasteiger partial charge in [0.15, 0.2) is 5.75 Å². The van der Waals surface area contributed by atoms with Crippen molar-refractivity contribution < 1.29 is 40.6 Å². The summed E-state index contributed by atoms with van der Waals surface area (Å²) < 4.78 is 12.3. The molecule has 0 saturated heterocycles. The molecule has 0 aliphatic heterocycles. The lowest BCUT2D eigenvalue weighted by Gasteiger charge is -2.04. The second-order valence-electron chi connectivity index (χ2n) is 3.86. The van der Waals surface area contributed by atoms with Crippen molar-refractivity contribution in [1.82, 2.24) is 0 Å². The van der Waals surface area contributed by atoms with Crippen molar-refractivity contribution in [3.8, 4) is 11.5 Å². The highest BCUT2D eigenvalue weighted by Gasteiger charge is 2.24. The summed E-state index contributed by atoms with van der Waals surface area (Å²) in [6, 6.07) is 12.5. The average molecular weight is 384 g/mol. The van der Waals surface area contributed by atoms with Crippen molar-refractivity contribution in [3.63, 3.8) is 0 Å². The third-order valence-corrected chi connectivity index (χ3v) is 5.65. The van der Waals surface area contributed by atoms with Gasteiger partial charge in [-0.2, -0.15) is 0 Å². The van der Waals surface area contributed by atoms with Crippen molar-refractivity contribution in [1.29, 1.82) is 0 Å². The Morgan fingerprint density at radius 3 is 2.45 bits per heavy atom. The summed E-state index contributed by atoms with van der Waals surface area (Å²) in [7, 11) is 3.18. The molecule has 0 spiro atoms. The van der Waals surface area contributed by atoms with E-state index in [9.17, 15) is 9.90 Å². The van der Waals surface area contributed by atoms with E-state index in [1.165, 1.54) is 0 Å². The second-order valence-corrected chi connectivity index (χ2v) is 6.73. The Kier molecular flexibility index (Phi) is 4.84. The molecule has 0 fully saturated rings. The first-order valence-corrected chi connectivity index (χ1v) is 7.98. The average Bonchev–Trinajstić information content (AvgIpc) is 2.48. The molecule has 0 unspecified atom stereocenters. The largest absolute Gasteiger partial charge is 0.545 e. The van der Waals surface area contributed by atoms with Gasteiger partial charge in [-0.05, 0) is 24.3 Å². The van der Waals surface area contributed by atoms with E-state index in [1.54, 1.807) is 32.4 Å². The number of aromatic carboxylic acids is 1. The molecule has 0 heterocycles. The van der Waals surface area contributed by atoms with Gasteiger partial charge in [0.1, 0.15) is 5.75 Å². The predicted molar refractivity (Wildman–Crippen MR) is 67.7 cm³/mol. The van der Waals surface area contributed by atoms with E-state index in [0.29, 0.717) is 11.5 Å². The van der Waals surface area contributed by atoms with E-state index in [0.717, 1.165) is 7.14 Å². The van der Waals surface area contributed by atoms with Crippen LogP contribution in [0.1, 0.15) is 10.4 Å². The number of carboxylic acid groups (broad SMARTS) is 1. The monoisotopic (exact) mass is 384 g/mol. The minimum Gasteiger partial charge on any atom is -0.545 e. The molecule has 0 atom stereocenters. The van der Waals surface area contributed by atoms with Crippen LogP contribution in [0.2, 0.25) is 0 Å². The third-order valence-electron chi connectivity index (χ3n) is 2.66. The summed E-state index contributed by atoms with van der Waals surface area (Å²) in [6.45, 7) is 0. The molecule has 2 rings (SSSR count). The topological polar surface area (TPSA) is 58.6 Å². The van der Waals surface area contributed by atoms with Gasteiger partial charge < -0.3 is 19.4 Å². The van der Waals surface area contributed by atoms with E-state index in [4.69, 9.17) is 9.47 Å². The Balaban J connectivity index is 2.37. The minimum atomic E-state index is -1.15. The first kappa shape index (κ1) is 14.6. The Labute approximate surface area is 127 Å². The van der Waals surface area contributed by atoms with Gasteiger partial charge in [-0.25, -0.2) is 0 Å². The lowest BCUT2D eigenvalue weighted by molar-refractivity contribution is -0.598. The van der Waals surface area contributed by atoms with Crippen molar-refractivity contribution in [2.45, 2.75) is 0 Å². The fraction of sp³-hybridized carbons (Fsp3) is 0.133. The molecule has 0 aliphatic rings. The van der Waals surface area contributed by atoms with Gasteiger partial charge in [0.25, 0.3) is 0 Å². The van der Waals surface area contributed by atoms with Crippen molar-refractivity contribution in [2.24, 2.45) is 0 Å². The van der Waals surface area contributed by atoms with E-state index in [1.807, 2.05) is 24.3 Å². The molecule has 20 heavy (non-hydrogen) atoms. The summed E-state index contributed by atoms with van der Waals surface area (Å²) >= 11 is -0.674. The molecule has 0 N–H and O–H groups in total. The van der Waals surface area contributed by atoms with E-state index in [2.05, 4.69) is 0 Å². The molecule has 2 aromatic rings. The van der Waals surface area contributed by atoms with E-state index < -0.39 is 27.2 Å². The summed E-state index contributed by atoms with van der Waals surface area (Å²) in [5.41, 5.74) is 0.248. The highest BCUT2D eigenvalue weighted by molar-refractivity contribution is 5.85. The molecule has 2 aromatic carbocycles. The van der Waals surface area contributed by atoms with Gasteiger partial charge in [0.2, 0.25) is 7.14 Å². The summed E-state index contributed by atoms with van der Waals surface area (Å²) in [6.07, 6.45) is 0. The number of hydrogen-bond acceptors (Lipinski definition) is 4. The highest BCUT2D eigenvalue weighted by Crippen LogP contribution is 2.18. The van der Waals surface area contributed by atoms with Gasteiger partial charge >= 0.3 is 21.2 Å². The number of carboxylic acids is 1. The van der Waals surface area contributed by atoms with Gasteiger partial charge in [0, 0.05) is 6.07 Å². The van der Waals surface area contributed by atoms with E-state index in [-0.39, 0.29) is 5.56 Å². The fourth-order valence-corrected chi connectivity index (χ4v) is 4.37. The second kappa shape index (κ2) is 6.60. The van der Waals surface area contributed by atoms with Crippen LogP contribution in [-0.4, -0.2) is 20.2 Å². The molecule has 104 valence electrons. The number of methoxy groups -OCH3 is 2. The lowest BCUT2D eigenvalue weighted by atomic mass is 10.2. The van der Waals surface area contributed by atoms with Crippen LogP contribution < -0.4 is 35.8 Å². The van der Waals surface area contributed by atoms with Crippen LogP contribution in [0.15, 0.2) is 42.5 Å². The zero-order valence-corrected chi connectivity index (χ0v) is 13.2. The zero-order valence-electron chi connectivity index (χ0n) is 11.1. The summed E-state index contributed by atoms with van der Waals surface area (Å²) in [5.74, 6) is 0.279. The van der Waals surface area contributed by atoms with Crippen LogP contribution in [0.3, 0.4) is 0 Å². The minimum absolute atomic E-state index is 0.248. The van der Waals surface area contributed by atoms with Crippen LogP contribution >= 0.6 is 0 Å². The lowest BCUT2D eigenvalue weighted by Crippen LogP contribution is -3.61. The van der Waals surface area contributed by atoms with Crippen LogP contribution in [-0.2, 0) is 0 Å². The number of carbonyl (C=O) groups is 1. The highest BCUT2D eigenvalue weighted by atomic mass is 127. The molecule has 0 radical (unpaired) electrons. The number of ether oxygens (including phenoxy) is 2. The van der Waals surface area contributed by atoms with Crippen molar-refractivity contribution in [2.75, 3.05) is 14.2 Å². The Hall–Kier alpha value is -1.76. The molecule has 0 bridgehead atoms. The Morgan fingerprint density at radius 2 is 1.80 bits per heavy atom. The van der Waals surface area contributed by atoms with Gasteiger partial charge in [0.05, 0.1) is 25.8 Å². The molecule has 0 aromatic heterocycles. The smallest absolute Gasteiger partial charge is 0.362 e. The zero-order chi connectivity index (χ0) is 14.5. The molecular weight excluding hydrogens is 371 g/mol. The summed E-state index contributed by atoms with van der Waals surface area (Å²) in [5, 5.41) is 11.1. The van der Waals surface area contributed by atoms with Crippen LogP contribution in [0.25, 0.3) is 0 Å². The van der Waals surface area contributed by atoms with Gasteiger partial charge in [-0.3, -0.25) is 0 Å². The molecule has 0 saturated carbocycles. The van der Waals surface area contributed by atoms with E-state index >= 15 is 0 Å². The van der Waals surface area contributed by atoms with Crippen molar-refractivity contribution in [3.05, 3.63) is 55.2 Å². The van der Waals surface area contributed by atoms with Crippen molar-refractivity contribution >= 4 is 5.97 Å². The maximum atomic E-state index is 11.1.